The number of rotatable bonds is 3. The van der Waals surface area contributed by atoms with Crippen molar-refractivity contribution in [3.63, 3.8) is 0 Å². The van der Waals surface area contributed by atoms with Gasteiger partial charge >= 0.3 is 5.97 Å². The van der Waals surface area contributed by atoms with E-state index in [1.165, 1.54) is 18.3 Å². The largest absolute Gasteiger partial charge is 0.478 e. The van der Waals surface area contributed by atoms with E-state index in [2.05, 4.69) is 15.3 Å². The summed E-state index contributed by atoms with van der Waals surface area (Å²) in [6, 6.07) is 4.29. The summed E-state index contributed by atoms with van der Waals surface area (Å²) in [5, 5.41) is 11.8. The lowest BCUT2D eigenvalue weighted by molar-refractivity contribution is 0.0695. The molecule has 2 aromatic rings. The second kappa shape index (κ2) is 5.01. The van der Waals surface area contributed by atoms with Crippen molar-refractivity contribution in [2.75, 3.05) is 5.32 Å². The number of hydrogen-bond donors (Lipinski definition) is 2. The van der Waals surface area contributed by atoms with Gasteiger partial charge in [-0.25, -0.2) is 19.2 Å². The number of aromatic nitrogens is 2. The third-order valence-corrected chi connectivity index (χ3v) is 2.64. The van der Waals surface area contributed by atoms with Gasteiger partial charge in [0.1, 0.15) is 5.82 Å². The average Bonchev–Trinajstić information content (AvgIpc) is 2.32. The van der Waals surface area contributed by atoms with E-state index >= 15 is 0 Å². The quantitative estimate of drug-likeness (QED) is 0.888. The molecule has 0 atom stereocenters. The van der Waals surface area contributed by atoms with E-state index in [1.807, 2.05) is 0 Å². The number of nitrogens with zero attached hydrogens (tertiary/aromatic N) is 2. The van der Waals surface area contributed by atoms with Crippen LogP contribution in [0.1, 0.15) is 21.6 Å². The predicted molar refractivity (Wildman–Crippen MR) is 68.1 cm³/mol. The van der Waals surface area contributed by atoms with Crippen LogP contribution in [0.4, 0.5) is 16.0 Å². The van der Waals surface area contributed by atoms with Crippen molar-refractivity contribution in [2.24, 2.45) is 0 Å². The Hall–Kier alpha value is -2.50. The summed E-state index contributed by atoms with van der Waals surface area (Å²) >= 11 is 0. The second-order valence-corrected chi connectivity index (χ2v) is 4.08. The van der Waals surface area contributed by atoms with Crippen molar-refractivity contribution in [2.45, 2.75) is 13.8 Å². The number of carboxylic acid groups (broad SMARTS) is 1. The molecule has 0 bridgehead atoms. The molecule has 0 aliphatic heterocycles. The van der Waals surface area contributed by atoms with Crippen LogP contribution in [0.25, 0.3) is 0 Å². The highest BCUT2D eigenvalue weighted by Crippen LogP contribution is 2.19. The molecule has 1 heterocycles. The lowest BCUT2D eigenvalue weighted by atomic mass is 10.2. The lowest BCUT2D eigenvalue weighted by Gasteiger charge is -2.09. The van der Waals surface area contributed by atoms with Gasteiger partial charge in [0.25, 0.3) is 0 Å². The van der Waals surface area contributed by atoms with Gasteiger partial charge < -0.3 is 10.4 Å². The first kappa shape index (κ1) is 12.9. The number of anilines is 2. The molecule has 5 nitrogen and oxygen atoms in total. The number of carbonyl (C=O) groups is 1. The standard InChI is InChI=1S/C13H12FN3O2/c1-7-5-9(14)3-4-11(7)17-13-15-6-10(12(18)19)8(2)16-13/h3-6H,1-2H3,(H,18,19)(H,15,16,17). The zero-order valence-electron chi connectivity index (χ0n) is 10.4. The van der Waals surface area contributed by atoms with E-state index in [4.69, 9.17) is 5.11 Å². The monoisotopic (exact) mass is 261 g/mol. The third-order valence-electron chi connectivity index (χ3n) is 2.64. The molecule has 0 aliphatic carbocycles. The van der Waals surface area contributed by atoms with E-state index in [-0.39, 0.29) is 17.3 Å². The number of nitrogens with one attached hydrogen (secondary N) is 1. The Kier molecular flexibility index (Phi) is 3.41. The SMILES string of the molecule is Cc1cc(F)ccc1Nc1ncc(C(=O)O)c(C)n1. The number of aromatic carboxylic acids is 1. The van der Waals surface area contributed by atoms with Gasteiger partial charge in [-0.15, -0.1) is 0 Å². The number of hydrogen-bond acceptors (Lipinski definition) is 4. The van der Waals surface area contributed by atoms with Gasteiger partial charge in [0.05, 0.1) is 11.3 Å². The Morgan fingerprint density at radius 3 is 2.68 bits per heavy atom. The summed E-state index contributed by atoms with van der Waals surface area (Å²) in [7, 11) is 0. The molecule has 0 unspecified atom stereocenters. The first-order valence-electron chi connectivity index (χ1n) is 5.57. The molecule has 6 heteroatoms. The molecule has 0 radical (unpaired) electrons. The minimum atomic E-state index is -1.07. The Bertz CT molecular complexity index is 644. The van der Waals surface area contributed by atoms with Crippen LogP contribution >= 0.6 is 0 Å². The highest BCUT2D eigenvalue weighted by Gasteiger charge is 2.10. The average molecular weight is 261 g/mol. The molecule has 0 saturated heterocycles. The molecule has 0 fully saturated rings. The fraction of sp³-hybridized carbons (Fsp3) is 0.154. The molecule has 0 spiro atoms. The van der Waals surface area contributed by atoms with Crippen molar-refractivity contribution in [1.82, 2.24) is 9.97 Å². The van der Waals surface area contributed by atoms with E-state index in [0.29, 0.717) is 16.9 Å². The summed E-state index contributed by atoms with van der Waals surface area (Å²) in [6.45, 7) is 3.34. The molecule has 98 valence electrons. The topological polar surface area (TPSA) is 75.1 Å². The van der Waals surface area contributed by atoms with Gasteiger partial charge in [-0.05, 0) is 37.6 Å². The van der Waals surface area contributed by atoms with Crippen LogP contribution < -0.4 is 5.32 Å². The summed E-state index contributed by atoms with van der Waals surface area (Å²) in [5.41, 5.74) is 1.80. The predicted octanol–water partition coefficient (Wildman–Crippen LogP) is 2.67. The number of aryl methyl sites for hydroxylation is 2. The lowest BCUT2D eigenvalue weighted by Crippen LogP contribution is -2.06. The van der Waals surface area contributed by atoms with Crippen LogP contribution in [-0.2, 0) is 0 Å². The number of halogens is 1. The molecule has 0 amide bonds. The van der Waals surface area contributed by atoms with Crippen LogP contribution in [0.15, 0.2) is 24.4 Å². The molecule has 19 heavy (non-hydrogen) atoms. The molecule has 2 N–H and O–H groups in total. The minimum Gasteiger partial charge on any atom is -0.478 e. The number of benzene rings is 1. The van der Waals surface area contributed by atoms with Crippen molar-refractivity contribution in [1.29, 1.82) is 0 Å². The van der Waals surface area contributed by atoms with E-state index in [0.717, 1.165) is 0 Å². The first-order chi connectivity index (χ1) is 8.97. The summed E-state index contributed by atoms with van der Waals surface area (Å²) in [5.74, 6) is -1.11. The van der Waals surface area contributed by atoms with Gasteiger partial charge in [-0.1, -0.05) is 0 Å². The summed E-state index contributed by atoms with van der Waals surface area (Å²) in [6.07, 6.45) is 1.24. The molecule has 1 aromatic carbocycles. The van der Waals surface area contributed by atoms with Crippen molar-refractivity contribution < 1.29 is 14.3 Å². The molecule has 1 aromatic heterocycles. The maximum Gasteiger partial charge on any atom is 0.339 e. The molecular formula is C13H12FN3O2. The third kappa shape index (κ3) is 2.85. The molecule has 0 saturated carbocycles. The maximum atomic E-state index is 13.0. The van der Waals surface area contributed by atoms with Gasteiger partial charge in [0, 0.05) is 11.9 Å². The highest BCUT2D eigenvalue weighted by atomic mass is 19.1. The fourth-order valence-electron chi connectivity index (χ4n) is 1.63. The molecular weight excluding hydrogens is 249 g/mol. The maximum absolute atomic E-state index is 13.0. The Morgan fingerprint density at radius 1 is 1.37 bits per heavy atom. The van der Waals surface area contributed by atoms with Gasteiger partial charge in [0.2, 0.25) is 5.95 Å². The van der Waals surface area contributed by atoms with Crippen LogP contribution in [0, 0.1) is 19.7 Å². The van der Waals surface area contributed by atoms with Crippen LogP contribution in [0.3, 0.4) is 0 Å². The molecule has 2 rings (SSSR count). The zero-order chi connectivity index (χ0) is 14.0. The van der Waals surface area contributed by atoms with Crippen molar-refractivity contribution >= 4 is 17.6 Å². The van der Waals surface area contributed by atoms with E-state index in [1.54, 1.807) is 19.9 Å². The van der Waals surface area contributed by atoms with Gasteiger partial charge in [0.15, 0.2) is 0 Å². The van der Waals surface area contributed by atoms with Gasteiger partial charge in [-0.2, -0.15) is 0 Å². The Balaban J connectivity index is 2.29. The number of carboxylic acids is 1. The van der Waals surface area contributed by atoms with Crippen molar-refractivity contribution in [3.8, 4) is 0 Å². The van der Waals surface area contributed by atoms with Crippen molar-refractivity contribution in [3.05, 3.63) is 47.0 Å². The van der Waals surface area contributed by atoms with Crippen LogP contribution in [-0.4, -0.2) is 21.0 Å². The van der Waals surface area contributed by atoms with Crippen LogP contribution in [0.5, 0.6) is 0 Å². The zero-order valence-corrected chi connectivity index (χ0v) is 10.4. The summed E-state index contributed by atoms with van der Waals surface area (Å²) in [4.78, 5) is 18.8. The fourth-order valence-corrected chi connectivity index (χ4v) is 1.63. The first-order valence-corrected chi connectivity index (χ1v) is 5.57. The summed E-state index contributed by atoms with van der Waals surface area (Å²) < 4.78 is 13.0. The van der Waals surface area contributed by atoms with Crippen LogP contribution in [0.2, 0.25) is 0 Å². The van der Waals surface area contributed by atoms with E-state index in [9.17, 15) is 9.18 Å². The van der Waals surface area contributed by atoms with Gasteiger partial charge in [-0.3, -0.25) is 0 Å². The van der Waals surface area contributed by atoms with E-state index < -0.39 is 5.97 Å². The normalized spacial score (nSPS) is 10.3. The Labute approximate surface area is 109 Å². The highest BCUT2D eigenvalue weighted by molar-refractivity contribution is 5.88. The minimum absolute atomic E-state index is 0.0568. The smallest absolute Gasteiger partial charge is 0.339 e. The Morgan fingerprint density at radius 2 is 2.11 bits per heavy atom. The second-order valence-electron chi connectivity index (χ2n) is 4.08. The molecule has 0 aliphatic rings.